The van der Waals surface area contributed by atoms with Crippen LogP contribution >= 0.6 is 11.8 Å². The van der Waals surface area contributed by atoms with Crippen LogP contribution in [0.1, 0.15) is 39.7 Å². The Morgan fingerprint density at radius 1 is 1.39 bits per heavy atom. The summed E-state index contributed by atoms with van der Waals surface area (Å²) in [7, 11) is 0. The Morgan fingerprint density at radius 3 is 2.61 bits per heavy atom. The number of thioether (sulfide) groups is 1. The first kappa shape index (κ1) is 15.5. The van der Waals surface area contributed by atoms with Crippen LogP contribution in [0.15, 0.2) is 23.4 Å². The van der Waals surface area contributed by atoms with Crippen molar-refractivity contribution in [1.29, 1.82) is 0 Å². The maximum atomic E-state index is 8.86. The van der Waals surface area contributed by atoms with Gasteiger partial charge in [-0.15, -0.1) is 11.8 Å². The van der Waals surface area contributed by atoms with E-state index in [0.29, 0.717) is 5.25 Å². The molecule has 0 amide bonds. The minimum Gasteiger partial charge on any atom is -0.396 e. The molecule has 1 aromatic heterocycles. The highest BCUT2D eigenvalue weighted by molar-refractivity contribution is 7.99. The third kappa shape index (κ3) is 6.38. The van der Waals surface area contributed by atoms with Crippen molar-refractivity contribution < 1.29 is 5.11 Å². The first-order valence-electron chi connectivity index (χ1n) is 6.38. The van der Waals surface area contributed by atoms with Crippen LogP contribution in [0.5, 0.6) is 0 Å². The smallest absolute Gasteiger partial charge is 0.0962 e. The van der Waals surface area contributed by atoms with Crippen molar-refractivity contribution in [2.24, 2.45) is 0 Å². The number of hydrogen-bond donors (Lipinski definition) is 2. The lowest BCUT2D eigenvalue weighted by atomic mass is 10.1. The van der Waals surface area contributed by atoms with Crippen LogP contribution in [0.4, 0.5) is 0 Å². The zero-order valence-electron chi connectivity index (χ0n) is 11.7. The van der Waals surface area contributed by atoms with E-state index in [1.165, 1.54) is 5.56 Å². The Kier molecular flexibility index (Phi) is 6.12. The van der Waals surface area contributed by atoms with Crippen molar-refractivity contribution in [1.82, 2.24) is 10.3 Å². The molecule has 1 aromatic rings. The number of rotatable bonds is 6. The summed E-state index contributed by atoms with van der Waals surface area (Å²) in [5.74, 6) is 0. The van der Waals surface area contributed by atoms with Crippen LogP contribution in [0.3, 0.4) is 0 Å². The average molecular weight is 268 g/mol. The molecule has 1 rings (SSSR count). The SMILES string of the molecule is CC(CCO)Sc1ccc(CNC(C)(C)C)cn1. The minimum absolute atomic E-state index is 0.128. The predicted molar refractivity (Wildman–Crippen MR) is 77.9 cm³/mol. The average Bonchev–Trinajstić information content (AvgIpc) is 2.27. The molecule has 0 saturated carbocycles. The van der Waals surface area contributed by atoms with Gasteiger partial charge >= 0.3 is 0 Å². The molecule has 0 fully saturated rings. The molecular formula is C14H24N2OS. The minimum atomic E-state index is 0.128. The molecule has 0 aliphatic rings. The normalized spacial score (nSPS) is 13.6. The van der Waals surface area contributed by atoms with E-state index >= 15 is 0 Å². The zero-order valence-corrected chi connectivity index (χ0v) is 12.5. The molecular weight excluding hydrogens is 244 g/mol. The Hall–Kier alpha value is -0.580. The summed E-state index contributed by atoms with van der Waals surface area (Å²) in [4.78, 5) is 4.44. The Balaban J connectivity index is 2.47. The second-order valence-electron chi connectivity index (χ2n) is 5.55. The molecule has 1 unspecified atom stereocenters. The third-order valence-electron chi connectivity index (χ3n) is 2.48. The predicted octanol–water partition coefficient (Wildman–Crippen LogP) is 2.83. The van der Waals surface area contributed by atoms with E-state index in [9.17, 15) is 0 Å². The van der Waals surface area contributed by atoms with Gasteiger partial charge in [-0.25, -0.2) is 4.98 Å². The summed E-state index contributed by atoms with van der Waals surface area (Å²) < 4.78 is 0. The number of aliphatic hydroxyl groups excluding tert-OH is 1. The van der Waals surface area contributed by atoms with Crippen molar-refractivity contribution in [3.8, 4) is 0 Å². The van der Waals surface area contributed by atoms with E-state index < -0.39 is 0 Å². The van der Waals surface area contributed by atoms with Gasteiger partial charge in [0.25, 0.3) is 0 Å². The van der Waals surface area contributed by atoms with Gasteiger partial charge in [0.2, 0.25) is 0 Å². The van der Waals surface area contributed by atoms with Crippen molar-refractivity contribution in [2.45, 2.75) is 56.5 Å². The van der Waals surface area contributed by atoms with E-state index in [4.69, 9.17) is 5.11 Å². The number of aliphatic hydroxyl groups is 1. The maximum Gasteiger partial charge on any atom is 0.0962 e. The molecule has 0 aliphatic carbocycles. The van der Waals surface area contributed by atoms with Crippen LogP contribution in [-0.4, -0.2) is 27.5 Å². The standard InChI is InChI=1S/C14H24N2OS/c1-11(7-8-17)18-13-6-5-12(9-15-13)10-16-14(2,3)4/h5-6,9,11,16-17H,7-8,10H2,1-4H3. The first-order valence-corrected chi connectivity index (χ1v) is 7.26. The van der Waals surface area contributed by atoms with Gasteiger partial charge < -0.3 is 10.4 Å². The summed E-state index contributed by atoms with van der Waals surface area (Å²) in [5, 5.41) is 13.7. The monoisotopic (exact) mass is 268 g/mol. The molecule has 102 valence electrons. The molecule has 0 aromatic carbocycles. The quantitative estimate of drug-likeness (QED) is 0.779. The topological polar surface area (TPSA) is 45.1 Å². The Bertz CT molecular complexity index is 346. The van der Waals surface area contributed by atoms with E-state index in [1.807, 2.05) is 6.20 Å². The van der Waals surface area contributed by atoms with Gasteiger partial charge in [-0.2, -0.15) is 0 Å². The largest absolute Gasteiger partial charge is 0.396 e. The molecule has 2 N–H and O–H groups in total. The fourth-order valence-corrected chi connectivity index (χ4v) is 2.29. The number of nitrogens with zero attached hydrogens (tertiary/aromatic N) is 1. The van der Waals surface area contributed by atoms with Crippen LogP contribution in [0.2, 0.25) is 0 Å². The van der Waals surface area contributed by atoms with Gasteiger partial charge in [0.05, 0.1) is 5.03 Å². The van der Waals surface area contributed by atoms with Gasteiger partial charge in [0, 0.05) is 30.1 Å². The molecule has 4 heteroatoms. The van der Waals surface area contributed by atoms with Crippen molar-refractivity contribution in [2.75, 3.05) is 6.61 Å². The van der Waals surface area contributed by atoms with Crippen molar-refractivity contribution in [3.05, 3.63) is 23.9 Å². The first-order chi connectivity index (χ1) is 8.40. The number of pyridine rings is 1. The van der Waals surface area contributed by atoms with Gasteiger partial charge in [-0.3, -0.25) is 0 Å². The molecule has 1 heterocycles. The van der Waals surface area contributed by atoms with Gasteiger partial charge in [0.15, 0.2) is 0 Å². The third-order valence-corrected chi connectivity index (χ3v) is 3.60. The van der Waals surface area contributed by atoms with Crippen LogP contribution in [0, 0.1) is 0 Å². The van der Waals surface area contributed by atoms with Crippen LogP contribution in [-0.2, 0) is 6.54 Å². The summed E-state index contributed by atoms with van der Waals surface area (Å²) in [5.41, 5.74) is 1.33. The fourth-order valence-electron chi connectivity index (χ4n) is 1.40. The summed E-state index contributed by atoms with van der Waals surface area (Å²) in [6.07, 6.45) is 2.73. The molecule has 0 aliphatic heterocycles. The fraction of sp³-hybridized carbons (Fsp3) is 0.643. The second kappa shape index (κ2) is 7.12. The zero-order chi connectivity index (χ0) is 13.6. The lowest BCUT2D eigenvalue weighted by Gasteiger charge is -2.20. The lowest BCUT2D eigenvalue weighted by molar-refractivity contribution is 0.289. The summed E-state index contributed by atoms with van der Waals surface area (Å²) in [6.45, 7) is 9.65. The molecule has 0 radical (unpaired) electrons. The molecule has 18 heavy (non-hydrogen) atoms. The highest BCUT2D eigenvalue weighted by Crippen LogP contribution is 2.22. The van der Waals surface area contributed by atoms with E-state index in [-0.39, 0.29) is 12.1 Å². The molecule has 0 spiro atoms. The summed E-state index contributed by atoms with van der Waals surface area (Å²) >= 11 is 1.71. The number of nitrogens with one attached hydrogen (secondary N) is 1. The maximum absolute atomic E-state index is 8.86. The van der Waals surface area contributed by atoms with Crippen molar-refractivity contribution >= 4 is 11.8 Å². The Morgan fingerprint density at radius 2 is 2.11 bits per heavy atom. The molecule has 3 nitrogen and oxygen atoms in total. The second-order valence-corrected chi connectivity index (χ2v) is 7.01. The molecule has 1 atom stereocenters. The van der Waals surface area contributed by atoms with E-state index in [2.05, 4.69) is 50.1 Å². The Labute approximate surface area is 114 Å². The molecule has 0 saturated heterocycles. The highest BCUT2D eigenvalue weighted by Gasteiger charge is 2.09. The highest BCUT2D eigenvalue weighted by atomic mass is 32.2. The van der Waals surface area contributed by atoms with Gasteiger partial charge in [-0.05, 0) is 38.8 Å². The van der Waals surface area contributed by atoms with Crippen LogP contribution < -0.4 is 5.32 Å². The lowest BCUT2D eigenvalue weighted by Crippen LogP contribution is -2.35. The van der Waals surface area contributed by atoms with Gasteiger partial charge in [0.1, 0.15) is 0 Å². The van der Waals surface area contributed by atoms with Crippen molar-refractivity contribution in [3.63, 3.8) is 0 Å². The van der Waals surface area contributed by atoms with E-state index in [0.717, 1.165) is 18.0 Å². The molecule has 0 bridgehead atoms. The van der Waals surface area contributed by atoms with Crippen LogP contribution in [0.25, 0.3) is 0 Å². The summed E-state index contributed by atoms with van der Waals surface area (Å²) in [6, 6.07) is 4.16. The van der Waals surface area contributed by atoms with Gasteiger partial charge in [-0.1, -0.05) is 13.0 Å². The van der Waals surface area contributed by atoms with E-state index in [1.54, 1.807) is 11.8 Å². The number of aromatic nitrogens is 1. The number of hydrogen-bond acceptors (Lipinski definition) is 4.